The van der Waals surface area contributed by atoms with Crippen LogP contribution in [0.1, 0.15) is 59.0 Å². The number of ether oxygens (including phenoxy) is 4. The van der Waals surface area contributed by atoms with E-state index < -0.39 is 22.1 Å². The predicted octanol–water partition coefficient (Wildman–Crippen LogP) is 5.44. The third kappa shape index (κ3) is 7.41. The molecule has 2 N–H and O–H groups in total. The maximum absolute atomic E-state index is 12.8. The lowest BCUT2D eigenvalue weighted by Crippen LogP contribution is -2.50. The van der Waals surface area contributed by atoms with Crippen molar-refractivity contribution in [3.05, 3.63) is 137 Å². The van der Waals surface area contributed by atoms with Gasteiger partial charge in [0.1, 0.15) is 0 Å². The first-order valence-corrected chi connectivity index (χ1v) is 18.1. The van der Waals surface area contributed by atoms with Gasteiger partial charge in [-0.05, 0) is 34.4 Å². The number of benzene rings is 4. The molecule has 3 heterocycles. The molecule has 3 fully saturated rings. The summed E-state index contributed by atoms with van der Waals surface area (Å²) in [6.45, 7) is 3.82. The molecule has 0 saturated carbocycles. The fourth-order valence-corrected chi connectivity index (χ4v) is 7.97. The van der Waals surface area contributed by atoms with E-state index in [1.165, 1.54) is 0 Å². The zero-order valence-corrected chi connectivity index (χ0v) is 27.6. The van der Waals surface area contributed by atoms with E-state index in [4.69, 9.17) is 18.9 Å². The van der Waals surface area contributed by atoms with Crippen molar-refractivity contribution in [2.75, 3.05) is 32.8 Å². The van der Waals surface area contributed by atoms with E-state index in [0.29, 0.717) is 19.8 Å². The van der Waals surface area contributed by atoms with Crippen molar-refractivity contribution >= 4 is 10.0 Å². The molecule has 10 heteroatoms. The lowest BCUT2D eigenvalue weighted by atomic mass is 9.83. The monoisotopic (exact) mass is 670 g/mol. The molecule has 0 aromatic heterocycles. The van der Waals surface area contributed by atoms with Gasteiger partial charge in [0.25, 0.3) is 0 Å². The average molecular weight is 671 g/mol. The second-order valence-electron chi connectivity index (χ2n) is 12.7. The highest BCUT2D eigenvalue weighted by molar-refractivity contribution is 7.89. The highest BCUT2D eigenvalue weighted by atomic mass is 32.2. The van der Waals surface area contributed by atoms with Crippen molar-refractivity contribution in [1.29, 1.82) is 0 Å². The van der Waals surface area contributed by atoms with Gasteiger partial charge in [-0.15, -0.1) is 0 Å². The number of aliphatic hydroxyl groups excluding tert-OH is 1. The number of aliphatic hydroxyl groups is 1. The maximum atomic E-state index is 12.8. The van der Waals surface area contributed by atoms with Gasteiger partial charge in [0.2, 0.25) is 10.0 Å². The molecule has 3 saturated heterocycles. The summed E-state index contributed by atoms with van der Waals surface area (Å²) < 4.78 is 54.0. The van der Waals surface area contributed by atoms with Crippen LogP contribution in [0.2, 0.25) is 0 Å². The van der Waals surface area contributed by atoms with Crippen molar-refractivity contribution in [3.63, 3.8) is 0 Å². The number of likely N-dealkylation sites (tertiary alicyclic amines) is 1. The maximum Gasteiger partial charge on any atom is 0.240 e. The van der Waals surface area contributed by atoms with Crippen LogP contribution >= 0.6 is 0 Å². The van der Waals surface area contributed by atoms with Gasteiger partial charge in [-0.2, -0.15) is 0 Å². The number of hydrogen-bond donors (Lipinski definition) is 2. The van der Waals surface area contributed by atoms with E-state index >= 15 is 0 Å². The van der Waals surface area contributed by atoms with Crippen LogP contribution in [-0.2, 0) is 42.1 Å². The first-order valence-electron chi connectivity index (χ1n) is 16.6. The highest BCUT2D eigenvalue weighted by Gasteiger charge is 2.45. The molecule has 48 heavy (non-hydrogen) atoms. The fourth-order valence-electron chi connectivity index (χ4n) is 6.94. The van der Waals surface area contributed by atoms with Crippen LogP contribution in [0.15, 0.2) is 114 Å². The number of nitrogens with one attached hydrogen (secondary N) is 1. The van der Waals surface area contributed by atoms with Crippen molar-refractivity contribution in [1.82, 2.24) is 9.62 Å². The Kier molecular flexibility index (Phi) is 10.0. The number of rotatable bonds is 10. The average Bonchev–Trinajstić information content (AvgIpc) is 3.60. The molecule has 0 radical (unpaired) electrons. The van der Waals surface area contributed by atoms with Gasteiger partial charge >= 0.3 is 0 Å². The molecule has 3 aliphatic heterocycles. The smallest absolute Gasteiger partial charge is 0.240 e. The van der Waals surface area contributed by atoms with Crippen molar-refractivity contribution in [2.24, 2.45) is 0 Å². The molecule has 252 valence electrons. The Morgan fingerprint density at radius 1 is 0.729 bits per heavy atom. The zero-order valence-electron chi connectivity index (χ0n) is 26.8. The van der Waals surface area contributed by atoms with Crippen LogP contribution in [0.5, 0.6) is 0 Å². The van der Waals surface area contributed by atoms with Gasteiger partial charge in [-0.3, -0.25) is 0 Å². The third-order valence-electron chi connectivity index (χ3n) is 9.61. The lowest BCUT2D eigenvalue weighted by Gasteiger charge is -2.46. The Hall–Kier alpha value is -3.45. The molecule has 0 amide bonds. The third-order valence-corrected chi connectivity index (χ3v) is 11.0. The standard InChI is InChI=1S/C38H42N2O7S/c41-27-29-13-15-31(16-14-29)36-35(30-7-3-1-4-8-30)34(26-40-21-19-38(20-22-40)44-23-24-45-38)46-37(47-36)32-17-11-28(12-18-32)25-39-48(42,43)33-9-5-2-6-10-33/h1-18,34-37,39,41H,19-27H2. The molecule has 7 rings (SSSR count). The summed E-state index contributed by atoms with van der Waals surface area (Å²) in [6.07, 6.45) is 0.462. The fraction of sp³-hybridized carbons (Fsp3) is 0.368. The van der Waals surface area contributed by atoms with E-state index in [1.807, 2.05) is 54.6 Å². The SMILES string of the molecule is O=S(=O)(NCc1ccc(C2OC(CN3CCC4(CC3)OCCO4)C(c3ccccc3)C(c3ccc(CO)cc3)O2)cc1)c1ccccc1. The minimum absolute atomic E-state index is 0.0278. The first kappa shape index (κ1) is 33.1. The molecule has 3 aliphatic rings. The summed E-state index contributed by atoms with van der Waals surface area (Å²) in [6, 6.07) is 34.4. The van der Waals surface area contributed by atoms with Crippen LogP contribution in [-0.4, -0.2) is 63.2 Å². The molecule has 0 bridgehead atoms. The largest absolute Gasteiger partial charge is 0.392 e. The summed E-state index contributed by atoms with van der Waals surface area (Å²) in [5.41, 5.74) is 4.66. The second-order valence-corrected chi connectivity index (χ2v) is 14.5. The van der Waals surface area contributed by atoms with Gasteiger partial charge < -0.3 is 29.0 Å². The molecular weight excluding hydrogens is 628 g/mol. The van der Waals surface area contributed by atoms with Gasteiger partial charge in [0.05, 0.1) is 36.9 Å². The zero-order chi connectivity index (χ0) is 33.0. The first-order chi connectivity index (χ1) is 23.4. The second kappa shape index (κ2) is 14.6. The minimum Gasteiger partial charge on any atom is -0.392 e. The molecule has 4 aromatic carbocycles. The summed E-state index contributed by atoms with van der Waals surface area (Å²) in [5.74, 6) is -0.549. The van der Waals surface area contributed by atoms with E-state index in [2.05, 4.69) is 33.9 Å². The van der Waals surface area contributed by atoms with Gasteiger partial charge in [0, 0.05) is 50.5 Å². The summed E-state index contributed by atoms with van der Waals surface area (Å²) in [7, 11) is -3.63. The van der Waals surface area contributed by atoms with E-state index in [-0.39, 0.29) is 36.2 Å². The molecular formula is C38H42N2O7S. The van der Waals surface area contributed by atoms with Gasteiger partial charge in [0.15, 0.2) is 12.1 Å². The Morgan fingerprint density at radius 3 is 1.98 bits per heavy atom. The van der Waals surface area contributed by atoms with Crippen LogP contribution in [0.25, 0.3) is 0 Å². The summed E-state index contributed by atoms with van der Waals surface area (Å²) in [4.78, 5) is 2.67. The van der Waals surface area contributed by atoms with Crippen LogP contribution in [0.4, 0.5) is 0 Å². The number of piperidine rings is 1. The molecule has 1 spiro atoms. The summed E-state index contributed by atoms with van der Waals surface area (Å²) >= 11 is 0. The number of hydrogen-bond acceptors (Lipinski definition) is 8. The van der Waals surface area contributed by atoms with E-state index in [1.54, 1.807) is 30.3 Å². The Labute approximate surface area is 282 Å². The van der Waals surface area contributed by atoms with Crippen molar-refractivity contribution in [3.8, 4) is 0 Å². The van der Waals surface area contributed by atoms with Gasteiger partial charge in [-0.25, -0.2) is 13.1 Å². The minimum atomic E-state index is -3.63. The van der Waals surface area contributed by atoms with Gasteiger partial charge in [-0.1, -0.05) is 97.1 Å². The predicted molar refractivity (Wildman–Crippen MR) is 180 cm³/mol. The quantitative estimate of drug-likeness (QED) is 0.230. The number of sulfonamides is 1. The lowest BCUT2D eigenvalue weighted by molar-refractivity contribution is -0.265. The van der Waals surface area contributed by atoms with E-state index in [9.17, 15) is 13.5 Å². The normalized spacial score (nSPS) is 24.5. The molecule has 0 aliphatic carbocycles. The van der Waals surface area contributed by atoms with Crippen molar-refractivity contribution in [2.45, 2.75) is 61.1 Å². The highest BCUT2D eigenvalue weighted by Crippen LogP contribution is 2.47. The molecule has 4 atom stereocenters. The molecule has 9 nitrogen and oxygen atoms in total. The Balaban J connectivity index is 1.14. The number of nitrogens with zero attached hydrogens (tertiary/aromatic N) is 1. The topological polar surface area (TPSA) is 107 Å². The van der Waals surface area contributed by atoms with Crippen LogP contribution in [0.3, 0.4) is 0 Å². The van der Waals surface area contributed by atoms with Crippen LogP contribution in [0, 0.1) is 0 Å². The Morgan fingerprint density at radius 2 is 1.33 bits per heavy atom. The molecule has 4 aromatic rings. The van der Waals surface area contributed by atoms with Crippen molar-refractivity contribution < 1.29 is 32.5 Å². The van der Waals surface area contributed by atoms with Crippen LogP contribution < -0.4 is 4.72 Å². The summed E-state index contributed by atoms with van der Waals surface area (Å²) in [5, 5.41) is 9.71. The Bertz CT molecular complexity index is 1720. The molecule has 4 unspecified atom stereocenters. The van der Waals surface area contributed by atoms with E-state index in [0.717, 1.165) is 53.7 Å².